The number of fused-ring (bicyclic) bond motifs is 1. The topological polar surface area (TPSA) is 62.2 Å². The Balaban J connectivity index is 1.36. The Morgan fingerprint density at radius 1 is 1.04 bits per heavy atom. The zero-order chi connectivity index (χ0) is 15.6. The fraction of sp³-hybridized carbons (Fsp3) is 0.412. The van der Waals surface area contributed by atoms with Gasteiger partial charge in [-0.15, -0.1) is 0 Å². The second-order valence-corrected chi connectivity index (χ2v) is 6.34. The van der Waals surface area contributed by atoms with Crippen LogP contribution in [0.5, 0.6) is 0 Å². The molecule has 0 bridgehead atoms. The van der Waals surface area contributed by atoms with Gasteiger partial charge in [-0.2, -0.15) is 0 Å². The van der Waals surface area contributed by atoms with E-state index in [4.69, 9.17) is 0 Å². The molecule has 2 saturated heterocycles. The quantitative estimate of drug-likeness (QED) is 0.849. The number of nitrogens with zero attached hydrogens (tertiary/aromatic N) is 5. The smallest absolute Gasteiger partial charge is 0.274 e. The molecular weight excluding hydrogens is 290 g/mol. The molecule has 0 aliphatic carbocycles. The van der Waals surface area contributed by atoms with Crippen molar-refractivity contribution in [2.45, 2.75) is 6.54 Å². The minimum atomic E-state index is 0.00350. The van der Waals surface area contributed by atoms with Crippen LogP contribution < -0.4 is 0 Å². The van der Waals surface area contributed by atoms with Crippen LogP contribution in [0.2, 0.25) is 0 Å². The second-order valence-electron chi connectivity index (χ2n) is 6.34. The maximum atomic E-state index is 12.5. The Hall–Kier alpha value is -2.34. The van der Waals surface area contributed by atoms with Gasteiger partial charge in [0.2, 0.25) is 0 Å². The van der Waals surface area contributed by atoms with Crippen LogP contribution in [0.3, 0.4) is 0 Å². The van der Waals surface area contributed by atoms with E-state index in [-0.39, 0.29) is 5.91 Å². The maximum Gasteiger partial charge on any atom is 0.274 e. The third-order valence-electron chi connectivity index (χ3n) is 4.74. The van der Waals surface area contributed by atoms with Gasteiger partial charge in [-0.3, -0.25) is 19.7 Å². The van der Waals surface area contributed by atoms with Crippen LogP contribution in [0.4, 0.5) is 0 Å². The molecule has 2 aliphatic heterocycles. The standard InChI is InChI=1S/C17H19N5O/c23-17(16-7-18-5-6-20-16)22-10-13-8-21(9-14(13)11-22)12-15-3-1-2-4-19-15/h1-7,13-14H,8-12H2/t13-,14+. The lowest BCUT2D eigenvalue weighted by Gasteiger charge is -2.21. The van der Waals surface area contributed by atoms with Crippen LogP contribution in [0.25, 0.3) is 0 Å². The number of carbonyl (C=O) groups is 1. The van der Waals surface area contributed by atoms with E-state index in [1.165, 1.54) is 0 Å². The predicted molar refractivity (Wildman–Crippen MR) is 84.4 cm³/mol. The lowest BCUT2D eigenvalue weighted by Crippen LogP contribution is -2.33. The van der Waals surface area contributed by atoms with Crippen molar-refractivity contribution in [3.63, 3.8) is 0 Å². The molecule has 0 unspecified atom stereocenters. The van der Waals surface area contributed by atoms with Gasteiger partial charge in [-0.05, 0) is 24.0 Å². The van der Waals surface area contributed by atoms with Crippen LogP contribution in [0.15, 0.2) is 43.0 Å². The molecule has 2 fully saturated rings. The van der Waals surface area contributed by atoms with Crippen LogP contribution in [-0.2, 0) is 6.54 Å². The van der Waals surface area contributed by atoms with E-state index in [2.05, 4.69) is 25.9 Å². The first-order valence-electron chi connectivity index (χ1n) is 7.97. The van der Waals surface area contributed by atoms with Crippen LogP contribution in [0, 0.1) is 11.8 Å². The summed E-state index contributed by atoms with van der Waals surface area (Å²) in [6.45, 7) is 4.60. The summed E-state index contributed by atoms with van der Waals surface area (Å²) in [6.07, 6.45) is 6.54. The highest BCUT2D eigenvalue weighted by molar-refractivity contribution is 5.92. The fourth-order valence-corrected chi connectivity index (χ4v) is 3.68. The minimum absolute atomic E-state index is 0.00350. The number of amides is 1. The molecule has 0 radical (unpaired) electrons. The van der Waals surface area contributed by atoms with Crippen molar-refractivity contribution in [1.29, 1.82) is 0 Å². The monoisotopic (exact) mass is 309 g/mol. The highest BCUT2D eigenvalue weighted by Crippen LogP contribution is 2.32. The molecule has 2 aliphatic rings. The van der Waals surface area contributed by atoms with Crippen LogP contribution in [0.1, 0.15) is 16.2 Å². The predicted octanol–water partition coefficient (Wildman–Crippen LogP) is 1.08. The average molecular weight is 309 g/mol. The van der Waals surface area contributed by atoms with E-state index < -0.39 is 0 Å². The summed E-state index contributed by atoms with van der Waals surface area (Å²) in [5.74, 6) is 1.11. The maximum absolute atomic E-state index is 12.5. The van der Waals surface area contributed by atoms with Crippen molar-refractivity contribution < 1.29 is 4.79 Å². The first kappa shape index (κ1) is 14.3. The minimum Gasteiger partial charge on any atom is -0.337 e. The van der Waals surface area contributed by atoms with E-state index in [1.54, 1.807) is 18.6 Å². The summed E-state index contributed by atoms with van der Waals surface area (Å²) in [7, 11) is 0. The van der Waals surface area contributed by atoms with E-state index in [1.807, 2.05) is 23.2 Å². The largest absolute Gasteiger partial charge is 0.337 e. The lowest BCUT2D eigenvalue weighted by molar-refractivity contribution is 0.0767. The van der Waals surface area contributed by atoms with Gasteiger partial charge in [0.25, 0.3) is 5.91 Å². The highest BCUT2D eigenvalue weighted by Gasteiger charge is 2.41. The summed E-state index contributed by atoms with van der Waals surface area (Å²) in [4.78, 5) is 29.3. The number of hydrogen-bond acceptors (Lipinski definition) is 5. The van der Waals surface area contributed by atoms with Gasteiger partial charge in [-0.25, -0.2) is 4.98 Å². The molecule has 1 amide bonds. The van der Waals surface area contributed by atoms with Gasteiger partial charge in [0.1, 0.15) is 5.69 Å². The normalized spacial score (nSPS) is 23.9. The Labute approximate surface area is 135 Å². The third-order valence-corrected chi connectivity index (χ3v) is 4.74. The molecule has 0 aromatic carbocycles. The molecule has 4 rings (SSSR count). The van der Waals surface area contributed by atoms with Crippen molar-refractivity contribution in [3.05, 3.63) is 54.4 Å². The Kier molecular flexibility index (Phi) is 3.75. The number of hydrogen-bond donors (Lipinski definition) is 0. The van der Waals surface area contributed by atoms with E-state index in [0.717, 1.165) is 38.4 Å². The summed E-state index contributed by atoms with van der Waals surface area (Å²) >= 11 is 0. The molecule has 4 heterocycles. The Bertz CT molecular complexity index is 664. The van der Waals surface area contributed by atoms with Crippen molar-refractivity contribution in [1.82, 2.24) is 24.8 Å². The van der Waals surface area contributed by atoms with Gasteiger partial charge in [0.05, 0.1) is 11.9 Å². The van der Waals surface area contributed by atoms with Crippen LogP contribution >= 0.6 is 0 Å². The molecule has 118 valence electrons. The van der Waals surface area contributed by atoms with Crippen molar-refractivity contribution in [2.75, 3.05) is 26.2 Å². The van der Waals surface area contributed by atoms with Crippen molar-refractivity contribution >= 4 is 5.91 Å². The molecule has 2 aromatic heterocycles. The fourth-order valence-electron chi connectivity index (χ4n) is 3.68. The zero-order valence-corrected chi connectivity index (χ0v) is 12.9. The van der Waals surface area contributed by atoms with Gasteiger partial charge < -0.3 is 4.90 Å². The van der Waals surface area contributed by atoms with E-state index in [9.17, 15) is 4.79 Å². The number of carbonyl (C=O) groups excluding carboxylic acids is 1. The Morgan fingerprint density at radius 2 is 1.87 bits per heavy atom. The van der Waals surface area contributed by atoms with Gasteiger partial charge >= 0.3 is 0 Å². The van der Waals surface area contributed by atoms with Gasteiger partial charge in [0, 0.05) is 51.3 Å². The third kappa shape index (κ3) is 2.94. The number of aromatic nitrogens is 3. The van der Waals surface area contributed by atoms with E-state index in [0.29, 0.717) is 17.5 Å². The van der Waals surface area contributed by atoms with Crippen LogP contribution in [-0.4, -0.2) is 56.8 Å². The Morgan fingerprint density at radius 3 is 2.52 bits per heavy atom. The second kappa shape index (κ2) is 6.04. The summed E-state index contributed by atoms with van der Waals surface area (Å²) < 4.78 is 0. The average Bonchev–Trinajstić information content (AvgIpc) is 3.14. The first-order chi connectivity index (χ1) is 11.3. The molecule has 6 heteroatoms. The molecule has 2 aromatic rings. The molecule has 23 heavy (non-hydrogen) atoms. The SMILES string of the molecule is O=C(c1cnccn1)N1C[C@H]2CN(Cc3ccccn3)C[C@H]2C1. The lowest BCUT2D eigenvalue weighted by atomic mass is 10.0. The van der Waals surface area contributed by atoms with Gasteiger partial charge in [0.15, 0.2) is 0 Å². The highest BCUT2D eigenvalue weighted by atomic mass is 16.2. The summed E-state index contributed by atoms with van der Waals surface area (Å²) in [5.41, 5.74) is 1.55. The van der Waals surface area contributed by atoms with Crippen molar-refractivity contribution in [2.24, 2.45) is 11.8 Å². The zero-order valence-electron chi connectivity index (χ0n) is 12.9. The summed E-state index contributed by atoms with van der Waals surface area (Å²) in [5, 5.41) is 0. The molecule has 0 saturated carbocycles. The van der Waals surface area contributed by atoms with E-state index >= 15 is 0 Å². The summed E-state index contributed by atoms with van der Waals surface area (Å²) in [6, 6.07) is 6.04. The number of rotatable bonds is 3. The molecule has 2 atom stereocenters. The molecule has 6 nitrogen and oxygen atoms in total. The van der Waals surface area contributed by atoms with Gasteiger partial charge in [-0.1, -0.05) is 6.07 Å². The number of pyridine rings is 1. The van der Waals surface area contributed by atoms with Crippen molar-refractivity contribution in [3.8, 4) is 0 Å². The first-order valence-corrected chi connectivity index (χ1v) is 7.97. The molecular formula is C17H19N5O. The molecule has 0 N–H and O–H groups in total. The number of likely N-dealkylation sites (tertiary alicyclic amines) is 2. The molecule has 0 spiro atoms.